The van der Waals surface area contributed by atoms with Crippen LogP contribution >= 0.6 is 0 Å². The Hall–Kier alpha value is -2.76. The van der Waals surface area contributed by atoms with Crippen LogP contribution in [0.5, 0.6) is 5.75 Å². The summed E-state index contributed by atoms with van der Waals surface area (Å²) in [5.74, 6) is 0.680. The molecule has 0 aliphatic carbocycles. The van der Waals surface area contributed by atoms with E-state index < -0.39 is 16.0 Å². The lowest BCUT2D eigenvalue weighted by Crippen LogP contribution is -2.40. The second-order valence-corrected chi connectivity index (χ2v) is 9.38. The monoisotopic (exact) mass is 462 g/mol. The van der Waals surface area contributed by atoms with Gasteiger partial charge in [0, 0.05) is 26.2 Å². The number of nitrogens with zero attached hydrogens (tertiary/aromatic N) is 4. The molecule has 0 atom stereocenters. The topological polar surface area (TPSA) is 111 Å². The maximum atomic E-state index is 12.6. The Kier molecular flexibility index (Phi) is 7.18. The molecule has 2 aliphatic rings. The average Bonchev–Trinajstić information content (AvgIpc) is 3.38. The van der Waals surface area contributed by atoms with Crippen LogP contribution in [0, 0.1) is 0 Å². The number of esters is 1. The van der Waals surface area contributed by atoms with Crippen LogP contribution in [0.15, 0.2) is 41.3 Å². The molecule has 0 bridgehead atoms. The first-order chi connectivity index (χ1) is 15.5. The van der Waals surface area contributed by atoms with E-state index in [2.05, 4.69) is 15.1 Å². The van der Waals surface area contributed by atoms with E-state index in [0.717, 1.165) is 31.7 Å². The molecule has 1 aromatic carbocycles. The smallest absolute Gasteiger partial charge is 0.358 e. The first-order valence-corrected chi connectivity index (χ1v) is 12.0. The van der Waals surface area contributed by atoms with Gasteiger partial charge in [-0.15, -0.1) is 10.2 Å². The summed E-state index contributed by atoms with van der Waals surface area (Å²) in [5, 5.41) is 8.06. The van der Waals surface area contributed by atoms with Gasteiger partial charge in [-0.1, -0.05) is 0 Å². The van der Waals surface area contributed by atoms with Crippen LogP contribution in [-0.4, -0.2) is 81.5 Å². The van der Waals surface area contributed by atoms with Crippen molar-refractivity contribution >= 4 is 21.8 Å². The first-order valence-electron chi connectivity index (χ1n) is 10.6. The van der Waals surface area contributed by atoms with Crippen LogP contribution in [0.1, 0.15) is 23.3 Å². The third-order valence-electron chi connectivity index (χ3n) is 5.31. The molecule has 2 saturated heterocycles. The van der Waals surface area contributed by atoms with Gasteiger partial charge in [0.1, 0.15) is 19.0 Å². The Bertz CT molecular complexity index is 1000. The zero-order chi connectivity index (χ0) is 22.4. The van der Waals surface area contributed by atoms with Gasteiger partial charge in [-0.05, 0) is 49.2 Å². The van der Waals surface area contributed by atoms with E-state index >= 15 is 0 Å². The van der Waals surface area contributed by atoms with E-state index in [4.69, 9.17) is 14.2 Å². The molecule has 2 aliphatic heterocycles. The van der Waals surface area contributed by atoms with Crippen LogP contribution in [-0.2, 0) is 19.5 Å². The van der Waals surface area contributed by atoms with Crippen molar-refractivity contribution in [2.75, 3.05) is 57.5 Å². The molecule has 3 heterocycles. The number of morpholine rings is 1. The predicted molar refractivity (Wildman–Crippen MR) is 115 cm³/mol. The van der Waals surface area contributed by atoms with E-state index in [0.29, 0.717) is 32.1 Å². The maximum absolute atomic E-state index is 12.6. The number of hydrogen-bond acceptors (Lipinski definition) is 9. The van der Waals surface area contributed by atoms with Crippen molar-refractivity contribution in [2.24, 2.45) is 0 Å². The van der Waals surface area contributed by atoms with Crippen LogP contribution in [0.4, 0.5) is 5.82 Å². The van der Waals surface area contributed by atoms with Crippen LogP contribution in [0.25, 0.3) is 0 Å². The summed E-state index contributed by atoms with van der Waals surface area (Å²) in [6, 6.07) is 9.55. The Morgan fingerprint density at radius 1 is 0.938 bits per heavy atom. The van der Waals surface area contributed by atoms with Crippen LogP contribution in [0.3, 0.4) is 0 Å². The molecule has 0 spiro atoms. The second-order valence-electron chi connectivity index (χ2n) is 7.44. The van der Waals surface area contributed by atoms with Crippen molar-refractivity contribution < 1.29 is 27.4 Å². The number of carbonyl (C=O) groups is 1. The fourth-order valence-electron chi connectivity index (χ4n) is 3.56. The Morgan fingerprint density at radius 3 is 2.31 bits per heavy atom. The molecule has 0 amide bonds. The third-order valence-corrected chi connectivity index (χ3v) is 7.22. The minimum atomic E-state index is -3.54. The van der Waals surface area contributed by atoms with Crippen LogP contribution < -0.4 is 9.64 Å². The molecule has 0 saturated carbocycles. The molecular formula is C21H26N4O6S. The van der Waals surface area contributed by atoms with Gasteiger partial charge in [0.05, 0.1) is 18.1 Å². The summed E-state index contributed by atoms with van der Waals surface area (Å²) < 4.78 is 42.6. The summed E-state index contributed by atoms with van der Waals surface area (Å²) in [7, 11) is -3.54. The zero-order valence-electron chi connectivity index (χ0n) is 17.7. The highest BCUT2D eigenvalue weighted by Crippen LogP contribution is 2.20. The van der Waals surface area contributed by atoms with Crippen molar-refractivity contribution in [3.63, 3.8) is 0 Å². The number of anilines is 1. The number of hydrogen-bond donors (Lipinski definition) is 0. The van der Waals surface area contributed by atoms with E-state index in [-0.39, 0.29) is 23.8 Å². The van der Waals surface area contributed by atoms with Crippen molar-refractivity contribution in [2.45, 2.75) is 17.7 Å². The maximum Gasteiger partial charge on any atom is 0.358 e. The fourth-order valence-corrected chi connectivity index (χ4v) is 4.97. The normalized spacial score (nSPS) is 17.3. The molecule has 172 valence electrons. The number of aromatic nitrogens is 2. The van der Waals surface area contributed by atoms with Gasteiger partial charge in [0.15, 0.2) is 11.5 Å². The standard InChI is InChI=1S/C21H26N4O6S/c26-21(19-7-8-20(23-22-19)24-9-1-2-10-24)31-16-15-30-17-3-5-18(6-4-17)32(27,28)25-11-13-29-14-12-25/h3-8H,1-2,9-16H2. The largest absolute Gasteiger partial charge is 0.490 e. The summed E-state index contributed by atoms with van der Waals surface area (Å²) in [4.78, 5) is 14.5. The second kappa shape index (κ2) is 10.2. The van der Waals surface area contributed by atoms with Crippen molar-refractivity contribution in [1.29, 1.82) is 0 Å². The van der Waals surface area contributed by atoms with Crippen molar-refractivity contribution in [1.82, 2.24) is 14.5 Å². The van der Waals surface area contributed by atoms with Gasteiger partial charge in [-0.2, -0.15) is 4.31 Å². The fraction of sp³-hybridized carbons (Fsp3) is 0.476. The van der Waals surface area contributed by atoms with E-state index in [1.54, 1.807) is 24.3 Å². The van der Waals surface area contributed by atoms with Gasteiger partial charge in [-0.3, -0.25) is 0 Å². The van der Waals surface area contributed by atoms with Crippen molar-refractivity contribution in [3.8, 4) is 5.75 Å². The highest BCUT2D eigenvalue weighted by Gasteiger charge is 2.26. The number of benzene rings is 1. The summed E-state index contributed by atoms with van der Waals surface area (Å²) in [6.07, 6.45) is 2.27. The Morgan fingerprint density at radius 2 is 1.66 bits per heavy atom. The lowest BCUT2D eigenvalue weighted by atomic mass is 10.3. The molecule has 11 heteroatoms. The van der Waals surface area contributed by atoms with Gasteiger partial charge in [0.2, 0.25) is 10.0 Å². The quantitative estimate of drug-likeness (QED) is 0.424. The van der Waals surface area contributed by atoms with E-state index in [9.17, 15) is 13.2 Å². The molecule has 1 aromatic heterocycles. The zero-order valence-corrected chi connectivity index (χ0v) is 18.5. The first kappa shape index (κ1) is 22.4. The predicted octanol–water partition coefficient (Wildman–Crippen LogP) is 1.33. The Labute approximate surface area is 187 Å². The van der Waals surface area contributed by atoms with Crippen molar-refractivity contribution in [3.05, 3.63) is 42.1 Å². The molecule has 4 rings (SSSR count). The molecule has 32 heavy (non-hydrogen) atoms. The average molecular weight is 463 g/mol. The Balaban J connectivity index is 1.22. The lowest BCUT2D eigenvalue weighted by Gasteiger charge is -2.26. The number of sulfonamides is 1. The van der Waals surface area contributed by atoms with Gasteiger partial charge >= 0.3 is 5.97 Å². The van der Waals surface area contributed by atoms with E-state index in [1.807, 2.05) is 0 Å². The molecule has 0 unspecified atom stereocenters. The molecule has 10 nitrogen and oxygen atoms in total. The third kappa shape index (κ3) is 5.34. The molecular weight excluding hydrogens is 436 g/mol. The minimum absolute atomic E-state index is 0.0300. The molecule has 2 fully saturated rings. The SMILES string of the molecule is O=C(OCCOc1ccc(S(=O)(=O)N2CCOCC2)cc1)c1ccc(N2CCCC2)nn1. The van der Waals surface area contributed by atoms with Crippen LogP contribution in [0.2, 0.25) is 0 Å². The number of rotatable bonds is 8. The van der Waals surface area contributed by atoms with Gasteiger partial charge in [-0.25, -0.2) is 13.2 Å². The highest BCUT2D eigenvalue weighted by atomic mass is 32.2. The van der Waals surface area contributed by atoms with Gasteiger partial charge < -0.3 is 19.1 Å². The van der Waals surface area contributed by atoms with Gasteiger partial charge in [0.25, 0.3) is 0 Å². The molecule has 0 N–H and O–H groups in total. The summed E-state index contributed by atoms with van der Waals surface area (Å²) in [6.45, 7) is 3.55. The minimum Gasteiger partial charge on any atom is -0.490 e. The highest BCUT2D eigenvalue weighted by molar-refractivity contribution is 7.89. The number of carbonyl (C=O) groups excluding carboxylic acids is 1. The summed E-state index contributed by atoms with van der Waals surface area (Å²) in [5.41, 5.74) is 0.144. The lowest BCUT2D eigenvalue weighted by molar-refractivity contribution is 0.0442. The molecule has 0 radical (unpaired) electrons. The molecule has 2 aromatic rings. The summed E-state index contributed by atoms with van der Waals surface area (Å²) >= 11 is 0. The number of ether oxygens (including phenoxy) is 3. The van der Waals surface area contributed by atoms with E-state index in [1.165, 1.54) is 16.4 Å².